The molecule has 3 nitrogen and oxygen atoms in total. The van der Waals surface area contributed by atoms with Gasteiger partial charge in [0.2, 0.25) is 0 Å². The molecule has 0 aliphatic heterocycles. The Morgan fingerprint density at radius 3 is 3.00 bits per heavy atom. The molecule has 1 aliphatic rings. The molecule has 0 atom stereocenters. The summed E-state index contributed by atoms with van der Waals surface area (Å²) in [5.41, 5.74) is 0. The summed E-state index contributed by atoms with van der Waals surface area (Å²) in [6.07, 6.45) is 2.75. The zero-order valence-corrected chi connectivity index (χ0v) is 12.0. The Morgan fingerprint density at radius 1 is 1.44 bits per heavy atom. The molecule has 3 rings (SSSR count). The van der Waals surface area contributed by atoms with Gasteiger partial charge in [0.25, 0.3) is 0 Å². The Balaban J connectivity index is 1.79. The molecule has 0 spiro atoms. The predicted molar refractivity (Wildman–Crippen MR) is 76.1 cm³/mol. The molecule has 0 saturated heterocycles. The Morgan fingerprint density at radius 2 is 2.28 bits per heavy atom. The van der Waals surface area contributed by atoms with Crippen LogP contribution in [-0.2, 0) is 6.54 Å². The molecule has 1 fully saturated rings. The lowest BCUT2D eigenvalue weighted by Gasteiger charge is -2.19. The van der Waals surface area contributed by atoms with Crippen molar-refractivity contribution in [3.8, 4) is 0 Å². The minimum absolute atomic E-state index is 0.582. The molecule has 0 N–H and O–H groups in total. The number of rotatable bonds is 5. The smallest absolute Gasteiger partial charge is 0.145 e. The fourth-order valence-corrected chi connectivity index (χ4v) is 3.19. The minimum Gasteiger partial charge on any atom is -0.296 e. The molecule has 0 bridgehead atoms. The molecule has 0 unspecified atom stereocenters. The van der Waals surface area contributed by atoms with E-state index in [1.54, 1.807) is 11.3 Å². The average Bonchev–Trinajstić information content (AvgIpc) is 3.03. The normalized spacial score (nSPS) is 15.7. The monoisotopic (exact) mass is 281 g/mol. The lowest BCUT2D eigenvalue weighted by Crippen LogP contribution is -2.26. The van der Waals surface area contributed by atoms with Crippen molar-refractivity contribution < 1.29 is 0 Å². The Hall–Kier alpha value is -0.710. The van der Waals surface area contributed by atoms with E-state index in [9.17, 15) is 0 Å². The molecule has 1 aliphatic carbocycles. The molecule has 0 amide bonds. The summed E-state index contributed by atoms with van der Waals surface area (Å²) in [5, 5.41) is 3.56. The zero-order valence-electron chi connectivity index (χ0n) is 10.4. The van der Waals surface area contributed by atoms with Gasteiger partial charge in [-0.15, -0.1) is 11.3 Å². The third-order valence-corrected chi connectivity index (χ3v) is 4.45. The van der Waals surface area contributed by atoms with E-state index in [-0.39, 0.29) is 0 Å². The summed E-state index contributed by atoms with van der Waals surface area (Å²) in [6, 6.07) is 1.98. The molecule has 1 saturated carbocycles. The zero-order chi connectivity index (χ0) is 12.5. The Labute approximate surface area is 116 Å². The summed E-state index contributed by atoms with van der Waals surface area (Å²) >= 11 is 7.81. The Bertz CT molecular complexity index is 550. The van der Waals surface area contributed by atoms with E-state index >= 15 is 0 Å². The first-order valence-corrected chi connectivity index (χ1v) is 7.64. The molecule has 96 valence electrons. The highest BCUT2D eigenvalue weighted by molar-refractivity contribution is 7.16. The standard InChI is InChI=1S/C13H16ClN3S/c1-2-17(7-9-3-4-9)8-11-15-12(14)10-5-6-18-13(10)16-11/h5-6,9H,2-4,7-8H2,1H3. The topological polar surface area (TPSA) is 29.0 Å². The van der Waals surface area contributed by atoms with E-state index < -0.39 is 0 Å². The van der Waals surface area contributed by atoms with E-state index in [4.69, 9.17) is 11.6 Å². The predicted octanol–water partition coefficient (Wildman–Crippen LogP) is 3.58. The number of fused-ring (bicyclic) bond motifs is 1. The second-order valence-corrected chi connectivity index (χ2v) is 6.09. The van der Waals surface area contributed by atoms with Crippen LogP contribution in [0, 0.1) is 5.92 Å². The second-order valence-electron chi connectivity index (χ2n) is 4.84. The largest absolute Gasteiger partial charge is 0.296 e. The van der Waals surface area contributed by atoms with Crippen LogP contribution in [0.4, 0.5) is 0 Å². The van der Waals surface area contributed by atoms with E-state index in [0.29, 0.717) is 5.15 Å². The van der Waals surface area contributed by atoms with Crippen molar-refractivity contribution >= 4 is 33.2 Å². The summed E-state index contributed by atoms with van der Waals surface area (Å²) in [5.74, 6) is 1.74. The van der Waals surface area contributed by atoms with Crippen LogP contribution >= 0.6 is 22.9 Å². The quantitative estimate of drug-likeness (QED) is 0.785. The van der Waals surface area contributed by atoms with Crippen LogP contribution in [0.15, 0.2) is 11.4 Å². The highest BCUT2D eigenvalue weighted by atomic mass is 35.5. The highest BCUT2D eigenvalue weighted by Crippen LogP contribution is 2.30. The third kappa shape index (κ3) is 2.66. The summed E-state index contributed by atoms with van der Waals surface area (Å²) in [6.45, 7) is 5.20. The summed E-state index contributed by atoms with van der Waals surface area (Å²) in [7, 11) is 0. The molecule has 0 radical (unpaired) electrons. The van der Waals surface area contributed by atoms with Gasteiger partial charge in [-0.2, -0.15) is 0 Å². The van der Waals surface area contributed by atoms with Crippen LogP contribution in [0.1, 0.15) is 25.6 Å². The first-order valence-electron chi connectivity index (χ1n) is 6.38. The highest BCUT2D eigenvalue weighted by Gasteiger charge is 2.24. The second kappa shape index (κ2) is 5.11. The fourth-order valence-electron chi connectivity index (χ4n) is 2.10. The molecular formula is C13H16ClN3S. The number of aromatic nitrogens is 2. The SMILES string of the molecule is CCN(Cc1nc(Cl)c2ccsc2n1)CC1CC1. The van der Waals surface area contributed by atoms with E-state index in [1.807, 2.05) is 11.4 Å². The first-order chi connectivity index (χ1) is 8.76. The van der Waals surface area contributed by atoms with Gasteiger partial charge in [0.05, 0.1) is 6.54 Å². The summed E-state index contributed by atoms with van der Waals surface area (Å²) in [4.78, 5) is 12.4. The molecule has 0 aromatic carbocycles. The van der Waals surface area contributed by atoms with Crippen molar-refractivity contribution in [1.82, 2.24) is 14.9 Å². The minimum atomic E-state index is 0.582. The summed E-state index contributed by atoms with van der Waals surface area (Å²) < 4.78 is 0. The van der Waals surface area contributed by atoms with Crippen LogP contribution in [0.3, 0.4) is 0 Å². The van der Waals surface area contributed by atoms with Crippen molar-refractivity contribution in [3.05, 3.63) is 22.4 Å². The molecule has 5 heteroatoms. The van der Waals surface area contributed by atoms with Crippen LogP contribution in [0.5, 0.6) is 0 Å². The van der Waals surface area contributed by atoms with Crippen molar-refractivity contribution in [1.29, 1.82) is 0 Å². The van der Waals surface area contributed by atoms with Crippen molar-refractivity contribution in [3.63, 3.8) is 0 Å². The maximum Gasteiger partial charge on any atom is 0.145 e. The number of hydrogen-bond acceptors (Lipinski definition) is 4. The molecular weight excluding hydrogens is 266 g/mol. The van der Waals surface area contributed by atoms with Crippen molar-refractivity contribution in [2.45, 2.75) is 26.3 Å². The van der Waals surface area contributed by atoms with Gasteiger partial charge in [-0.3, -0.25) is 4.90 Å². The van der Waals surface area contributed by atoms with Crippen LogP contribution < -0.4 is 0 Å². The first kappa shape index (κ1) is 12.3. The van der Waals surface area contributed by atoms with E-state index in [0.717, 1.165) is 35.0 Å². The van der Waals surface area contributed by atoms with Gasteiger partial charge >= 0.3 is 0 Å². The lowest BCUT2D eigenvalue weighted by molar-refractivity contribution is 0.262. The average molecular weight is 282 g/mol. The van der Waals surface area contributed by atoms with E-state index in [2.05, 4.69) is 21.8 Å². The van der Waals surface area contributed by atoms with Crippen LogP contribution in [0.2, 0.25) is 5.15 Å². The fraction of sp³-hybridized carbons (Fsp3) is 0.538. The van der Waals surface area contributed by atoms with Crippen molar-refractivity contribution in [2.24, 2.45) is 5.92 Å². The number of halogens is 1. The van der Waals surface area contributed by atoms with Gasteiger partial charge in [-0.05, 0) is 36.8 Å². The number of thiophene rings is 1. The lowest BCUT2D eigenvalue weighted by atomic mass is 10.3. The van der Waals surface area contributed by atoms with Gasteiger partial charge in [-0.25, -0.2) is 9.97 Å². The van der Waals surface area contributed by atoms with Gasteiger partial charge < -0.3 is 0 Å². The van der Waals surface area contributed by atoms with Crippen molar-refractivity contribution in [2.75, 3.05) is 13.1 Å². The molecule has 2 aromatic heterocycles. The van der Waals surface area contributed by atoms with Gasteiger partial charge in [0, 0.05) is 11.9 Å². The molecule has 2 heterocycles. The Kier molecular flexibility index (Phi) is 3.50. The van der Waals surface area contributed by atoms with Gasteiger partial charge in [0.1, 0.15) is 15.8 Å². The third-order valence-electron chi connectivity index (χ3n) is 3.35. The molecule has 18 heavy (non-hydrogen) atoms. The van der Waals surface area contributed by atoms with Crippen LogP contribution in [-0.4, -0.2) is 28.0 Å². The van der Waals surface area contributed by atoms with Crippen LogP contribution in [0.25, 0.3) is 10.2 Å². The maximum atomic E-state index is 6.19. The number of nitrogens with zero attached hydrogens (tertiary/aromatic N) is 3. The maximum absolute atomic E-state index is 6.19. The number of hydrogen-bond donors (Lipinski definition) is 0. The van der Waals surface area contributed by atoms with Gasteiger partial charge in [-0.1, -0.05) is 18.5 Å². The molecule has 2 aromatic rings. The van der Waals surface area contributed by atoms with Gasteiger partial charge in [0.15, 0.2) is 0 Å². The van der Waals surface area contributed by atoms with E-state index in [1.165, 1.54) is 19.4 Å².